The molecule has 2 aromatic heterocycles. The third-order valence-corrected chi connectivity index (χ3v) is 3.33. The van der Waals surface area contributed by atoms with Crippen molar-refractivity contribution in [2.45, 2.75) is 13.3 Å². The SMILES string of the molecule is Cc1ncsc1CCOc1nccnc1C(=N)N. The van der Waals surface area contributed by atoms with E-state index in [0.717, 1.165) is 12.1 Å². The molecule has 0 radical (unpaired) electrons. The van der Waals surface area contributed by atoms with E-state index in [4.69, 9.17) is 15.9 Å². The number of amidine groups is 1. The standard InChI is InChI=1S/C11H13N5OS/c1-7-8(18-6-16-7)2-5-17-11-9(10(12)13)14-3-4-15-11/h3-4,6H,2,5H2,1H3,(H3,12,13). The number of hydrogen-bond donors (Lipinski definition) is 2. The minimum absolute atomic E-state index is 0.146. The van der Waals surface area contributed by atoms with Crippen LogP contribution in [0.25, 0.3) is 0 Å². The molecule has 0 spiro atoms. The van der Waals surface area contributed by atoms with E-state index >= 15 is 0 Å². The first kappa shape index (κ1) is 12.4. The lowest BCUT2D eigenvalue weighted by Crippen LogP contribution is -2.16. The summed E-state index contributed by atoms with van der Waals surface area (Å²) in [4.78, 5) is 13.3. The molecule has 0 saturated carbocycles. The predicted molar refractivity (Wildman–Crippen MR) is 69.1 cm³/mol. The van der Waals surface area contributed by atoms with E-state index in [0.29, 0.717) is 12.5 Å². The molecular formula is C11H13N5OS. The van der Waals surface area contributed by atoms with Gasteiger partial charge in [0.05, 0.1) is 17.8 Å². The summed E-state index contributed by atoms with van der Waals surface area (Å²) >= 11 is 1.60. The number of nitrogen functional groups attached to an aromatic ring is 1. The monoisotopic (exact) mass is 263 g/mol. The molecule has 6 nitrogen and oxygen atoms in total. The van der Waals surface area contributed by atoms with Gasteiger partial charge < -0.3 is 10.5 Å². The molecule has 94 valence electrons. The first-order valence-corrected chi connectivity index (χ1v) is 6.23. The average molecular weight is 263 g/mol. The summed E-state index contributed by atoms with van der Waals surface area (Å²) in [7, 11) is 0. The number of aromatic nitrogens is 3. The second kappa shape index (κ2) is 5.54. The third kappa shape index (κ3) is 2.80. The third-order valence-electron chi connectivity index (χ3n) is 2.33. The average Bonchev–Trinajstić information content (AvgIpc) is 2.76. The van der Waals surface area contributed by atoms with E-state index in [-0.39, 0.29) is 11.5 Å². The summed E-state index contributed by atoms with van der Waals surface area (Å²) in [6.45, 7) is 2.43. The Balaban J connectivity index is 1.99. The van der Waals surface area contributed by atoms with E-state index in [1.54, 1.807) is 11.3 Å². The van der Waals surface area contributed by atoms with Gasteiger partial charge in [-0.15, -0.1) is 11.3 Å². The van der Waals surface area contributed by atoms with E-state index in [2.05, 4.69) is 15.0 Å². The van der Waals surface area contributed by atoms with Crippen LogP contribution in [0.2, 0.25) is 0 Å². The van der Waals surface area contributed by atoms with Crippen LogP contribution in [0, 0.1) is 12.3 Å². The van der Waals surface area contributed by atoms with Gasteiger partial charge in [0.15, 0.2) is 5.69 Å². The highest BCUT2D eigenvalue weighted by Gasteiger charge is 2.09. The molecule has 2 rings (SSSR count). The lowest BCUT2D eigenvalue weighted by Gasteiger charge is -2.07. The van der Waals surface area contributed by atoms with E-state index < -0.39 is 0 Å². The normalized spacial score (nSPS) is 10.3. The van der Waals surface area contributed by atoms with Crippen LogP contribution in [0.15, 0.2) is 17.9 Å². The van der Waals surface area contributed by atoms with Gasteiger partial charge in [0, 0.05) is 23.7 Å². The van der Waals surface area contributed by atoms with Crippen LogP contribution in [0.1, 0.15) is 16.3 Å². The Bertz CT molecular complexity index is 554. The Labute approximate surface area is 108 Å². The number of hydrogen-bond acceptors (Lipinski definition) is 6. The van der Waals surface area contributed by atoms with Crippen molar-refractivity contribution in [3.63, 3.8) is 0 Å². The minimum Gasteiger partial charge on any atom is -0.476 e. The van der Waals surface area contributed by atoms with Gasteiger partial charge in [0.25, 0.3) is 0 Å². The highest BCUT2D eigenvalue weighted by Crippen LogP contribution is 2.15. The zero-order valence-electron chi connectivity index (χ0n) is 9.88. The van der Waals surface area contributed by atoms with Crippen LogP contribution in [0.3, 0.4) is 0 Å². The fourth-order valence-corrected chi connectivity index (χ4v) is 2.18. The van der Waals surface area contributed by atoms with Crippen LogP contribution in [0.5, 0.6) is 5.88 Å². The van der Waals surface area contributed by atoms with Gasteiger partial charge in [-0.05, 0) is 6.92 Å². The lowest BCUT2D eigenvalue weighted by molar-refractivity contribution is 0.308. The maximum atomic E-state index is 7.37. The Morgan fingerprint density at radius 2 is 2.17 bits per heavy atom. The van der Waals surface area contributed by atoms with E-state index in [1.807, 2.05) is 12.4 Å². The van der Waals surface area contributed by atoms with Crippen LogP contribution >= 0.6 is 11.3 Å². The van der Waals surface area contributed by atoms with Crippen LogP contribution in [0.4, 0.5) is 0 Å². The summed E-state index contributed by atoms with van der Waals surface area (Å²) in [5.41, 5.74) is 8.51. The molecule has 7 heteroatoms. The lowest BCUT2D eigenvalue weighted by atomic mass is 10.3. The topological polar surface area (TPSA) is 97.8 Å². The molecule has 0 aliphatic heterocycles. The highest BCUT2D eigenvalue weighted by molar-refractivity contribution is 7.09. The van der Waals surface area contributed by atoms with Gasteiger partial charge in [0.2, 0.25) is 5.88 Å². The molecule has 0 aliphatic rings. The highest BCUT2D eigenvalue weighted by atomic mass is 32.1. The molecule has 0 saturated heterocycles. The van der Waals surface area contributed by atoms with Crippen molar-refractivity contribution in [3.8, 4) is 5.88 Å². The molecule has 0 fully saturated rings. The van der Waals surface area contributed by atoms with E-state index in [9.17, 15) is 0 Å². The van der Waals surface area contributed by atoms with Gasteiger partial charge in [0.1, 0.15) is 5.84 Å². The van der Waals surface area contributed by atoms with E-state index in [1.165, 1.54) is 17.3 Å². The summed E-state index contributed by atoms with van der Waals surface area (Å²) in [5.74, 6) is 0.152. The largest absolute Gasteiger partial charge is 0.476 e. The molecule has 2 heterocycles. The van der Waals surface area contributed by atoms with Crippen molar-refractivity contribution in [2.75, 3.05) is 6.61 Å². The first-order valence-electron chi connectivity index (χ1n) is 5.35. The van der Waals surface area contributed by atoms with Gasteiger partial charge in [-0.2, -0.15) is 0 Å². The fourth-order valence-electron chi connectivity index (χ4n) is 1.42. The molecule has 0 aliphatic carbocycles. The summed E-state index contributed by atoms with van der Waals surface area (Å²) in [6.07, 6.45) is 3.75. The molecule has 2 aromatic rings. The van der Waals surface area contributed by atoms with Crippen molar-refractivity contribution >= 4 is 17.2 Å². The Morgan fingerprint density at radius 3 is 2.83 bits per heavy atom. The van der Waals surface area contributed by atoms with Crippen molar-refractivity contribution in [1.82, 2.24) is 15.0 Å². The van der Waals surface area contributed by atoms with Crippen molar-refractivity contribution < 1.29 is 4.74 Å². The van der Waals surface area contributed by atoms with Gasteiger partial charge >= 0.3 is 0 Å². The smallest absolute Gasteiger partial charge is 0.243 e. The molecular weight excluding hydrogens is 250 g/mol. The number of aryl methyl sites for hydroxylation is 1. The summed E-state index contributed by atoms with van der Waals surface area (Å²) in [6, 6.07) is 0. The summed E-state index contributed by atoms with van der Waals surface area (Å²) < 4.78 is 5.51. The Hall–Kier alpha value is -2.02. The van der Waals surface area contributed by atoms with Crippen molar-refractivity contribution in [2.24, 2.45) is 5.73 Å². The maximum Gasteiger partial charge on any atom is 0.243 e. The number of ether oxygens (including phenoxy) is 1. The molecule has 3 N–H and O–H groups in total. The predicted octanol–water partition coefficient (Wildman–Crippen LogP) is 1.15. The number of nitrogens with one attached hydrogen (secondary N) is 1. The molecule has 18 heavy (non-hydrogen) atoms. The van der Waals surface area contributed by atoms with Gasteiger partial charge in [-0.1, -0.05) is 0 Å². The van der Waals surface area contributed by atoms with Crippen LogP contribution < -0.4 is 10.5 Å². The fraction of sp³-hybridized carbons (Fsp3) is 0.273. The van der Waals surface area contributed by atoms with Crippen molar-refractivity contribution in [3.05, 3.63) is 34.2 Å². The van der Waals surface area contributed by atoms with Crippen LogP contribution in [-0.2, 0) is 6.42 Å². The zero-order chi connectivity index (χ0) is 13.0. The van der Waals surface area contributed by atoms with Crippen molar-refractivity contribution in [1.29, 1.82) is 5.41 Å². The maximum absolute atomic E-state index is 7.37. The molecule has 0 amide bonds. The van der Waals surface area contributed by atoms with Gasteiger partial charge in [-0.3, -0.25) is 5.41 Å². The molecule has 0 aromatic carbocycles. The second-order valence-corrected chi connectivity index (χ2v) is 4.52. The van der Waals surface area contributed by atoms with Crippen LogP contribution in [-0.4, -0.2) is 27.4 Å². The Kier molecular flexibility index (Phi) is 3.83. The zero-order valence-corrected chi connectivity index (χ0v) is 10.7. The number of nitrogens with zero attached hydrogens (tertiary/aromatic N) is 3. The molecule has 0 unspecified atom stereocenters. The Morgan fingerprint density at radius 1 is 1.39 bits per heavy atom. The number of rotatable bonds is 5. The quantitative estimate of drug-likeness (QED) is 0.623. The minimum atomic E-state index is -0.146. The number of thiazole rings is 1. The second-order valence-electron chi connectivity index (χ2n) is 3.58. The molecule has 0 bridgehead atoms. The number of nitrogens with two attached hydrogens (primary N) is 1. The first-order chi connectivity index (χ1) is 8.68. The summed E-state index contributed by atoms with van der Waals surface area (Å²) in [5, 5.41) is 7.37. The van der Waals surface area contributed by atoms with Gasteiger partial charge in [-0.25, -0.2) is 15.0 Å². The molecule has 0 atom stereocenters.